The Morgan fingerprint density at radius 2 is 1.85 bits per heavy atom. The van der Waals surface area contributed by atoms with Crippen LogP contribution in [-0.2, 0) is 19.9 Å². The first kappa shape index (κ1) is 18.9. The Balaban J connectivity index is 2.02. The second-order valence-electron chi connectivity index (χ2n) is 5.32. The van der Waals surface area contributed by atoms with Crippen LogP contribution < -0.4 is 9.46 Å². The zero-order valence-electron chi connectivity index (χ0n) is 13.6. The highest BCUT2D eigenvalue weighted by atomic mass is 35.5. The van der Waals surface area contributed by atoms with Crippen molar-refractivity contribution in [3.8, 4) is 5.75 Å². The van der Waals surface area contributed by atoms with Crippen molar-refractivity contribution in [1.29, 1.82) is 0 Å². The molecule has 0 atom stereocenters. The number of benzene rings is 2. The van der Waals surface area contributed by atoms with E-state index in [0.717, 1.165) is 17.6 Å². The van der Waals surface area contributed by atoms with Gasteiger partial charge in [-0.1, -0.05) is 22.9 Å². The van der Waals surface area contributed by atoms with E-state index in [2.05, 4.69) is 9.71 Å². The summed E-state index contributed by atoms with van der Waals surface area (Å²) in [6.45, 7) is 0. The van der Waals surface area contributed by atoms with E-state index >= 15 is 0 Å². The summed E-state index contributed by atoms with van der Waals surface area (Å²) in [6, 6.07) is 8.66. The molecule has 0 saturated heterocycles. The zero-order valence-corrected chi connectivity index (χ0v) is 16.8. The van der Waals surface area contributed by atoms with Gasteiger partial charge in [0.05, 0.1) is 22.2 Å². The van der Waals surface area contributed by atoms with Crippen molar-refractivity contribution in [2.45, 2.75) is 9.79 Å². The van der Waals surface area contributed by atoms with Gasteiger partial charge in [0.15, 0.2) is 15.0 Å². The molecule has 0 aliphatic carbocycles. The van der Waals surface area contributed by atoms with Gasteiger partial charge in [-0.3, -0.25) is 4.72 Å². The van der Waals surface area contributed by atoms with E-state index in [0.29, 0.717) is 10.2 Å². The lowest BCUT2D eigenvalue weighted by molar-refractivity contribution is 0.403. The summed E-state index contributed by atoms with van der Waals surface area (Å²) in [5.74, 6) is 0.141. The van der Waals surface area contributed by atoms with Gasteiger partial charge in [-0.05, 0) is 36.4 Å². The minimum absolute atomic E-state index is 0.104. The second-order valence-corrected chi connectivity index (χ2v) is 10.5. The standard InChI is InChI=1S/C15H13ClN2O5S3/c1-23-12-6-3-9(16)7-14(12)26(21,22)18-15-17-11-5-4-10(25(2,19)20)8-13(11)24-15/h3-8H,1-2H3,(H,17,18). The minimum atomic E-state index is -3.99. The van der Waals surface area contributed by atoms with Crippen LogP contribution in [0.3, 0.4) is 0 Å². The quantitative estimate of drug-likeness (QED) is 0.664. The van der Waals surface area contributed by atoms with Crippen LogP contribution in [0, 0.1) is 0 Å². The van der Waals surface area contributed by atoms with Gasteiger partial charge in [0, 0.05) is 11.3 Å². The molecule has 0 bridgehead atoms. The molecule has 1 heterocycles. The maximum Gasteiger partial charge on any atom is 0.267 e. The highest BCUT2D eigenvalue weighted by molar-refractivity contribution is 7.93. The number of rotatable bonds is 5. The number of nitrogens with one attached hydrogen (secondary N) is 1. The second kappa shape index (κ2) is 6.69. The molecule has 0 radical (unpaired) electrons. The van der Waals surface area contributed by atoms with Gasteiger partial charge in [-0.15, -0.1) is 0 Å². The number of halogens is 1. The highest BCUT2D eigenvalue weighted by Crippen LogP contribution is 2.32. The van der Waals surface area contributed by atoms with Gasteiger partial charge in [-0.2, -0.15) is 0 Å². The Labute approximate surface area is 159 Å². The summed E-state index contributed by atoms with van der Waals surface area (Å²) in [4.78, 5) is 4.20. The van der Waals surface area contributed by atoms with E-state index in [-0.39, 0.29) is 25.7 Å². The fraction of sp³-hybridized carbons (Fsp3) is 0.133. The smallest absolute Gasteiger partial charge is 0.267 e. The number of sulfone groups is 1. The van der Waals surface area contributed by atoms with Gasteiger partial charge in [-0.25, -0.2) is 21.8 Å². The van der Waals surface area contributed by atoms with Crippen LogP contribution in [0.4, 0.5) is 5.13 Å². The molecule has 3 rings (SSSR count). The van der Waals surface area contributed by atoms with E-state index in [1.807, 2.05) is 0 Å². The van der Waals surface area contributed by atoms with Gasteiger partial charge in [0.1, 0.15) is 10.6 Å². The third-order valence-corrected chi connectivity index (χ3v) is 7.19. The molecule has 0 spiro atoms. The molecule has 1 N–H and O–H groups in total. The van der Waals surface area contributed by atoms with Crippen LogP contribution in [0.5, 0.6) is 5.75 Å². The molecule has 1 aromatic heterocycles. The average Bonchev–Trinajstić information content (AvgIpc) is 2.94. The molecule has 0 unspecified atom stereocenters. The molecule has 0 aliphatic heterocycles. The Kier molecular flexibility index (Phi) is 4.86. The number of fused-ring (bicyclic) bond motifs is 1. The van der Waals surface area contributed by atoms with Crippen molar-refractivity contribution in [2.75, 3.05) is 18.1 Å². The predicted molar refractivity (Wildman–Crippen MR) is 102 cm³/mol. The van der Waals surface area contributed by atoms with Crippen molar-refractivity contribution < 1.29 is 21.6 Å². The molecule has 0 aliphatic rings. The van der Waals surface area contributed by atoms with Gasteiger partial charge < -0.3 is 4.74 Å². The van der Waals surface area contributed by atoms with Crippen LogP contribution in [0.2, 0.25) is 5.02 Å². The van der Waals surface area contributed by atoms with E-state index < -0.39 is 19.9 Å². The average molecular weight is 433 g/mol. The topological polar surface area (TPSA) is 102 Å². The molecular formula is C15H13ClN2O5S3. The Hall–Kier alpha value is -1.88. The monoisotopic (exact) mass is 432 g/mol. The van der Waals surface area contributed by atoms with E-state index in [1.165, 1.54) is 43.5 Å². The first-order valence-corrected chi connectivity index (χ1v) is 11.6. The van der Waals surface area contributed by atoms with Crippen LogP contribution in [0.15, 0.2) is 46.2 Å². The molecular weight excluding hydrogens is 420 g/mol. The summed E-state index contributed by atoms with van der Waals surface area (Å²) >= 11 is 6.92. The molecule has 11 heteroatoms. The Morgan fingerprint density at radius 1 is 1.12 bits per heavy atom. The van der Waals surface area contributed by atoms with Crippen LogP contribution >= 0.6 is 22.9 Å². The van der Waals surface area contributed by atoms with E-state index in [9.17, 15) is 16.8 Å². The molecule has 2 aromatic carbocycles. The Morgan fingerprint density at radius 3 is 2.50 bits per heavy atom. The molecule has 0 amide bonds. The number of methoxy groups -OCH3 is 1. The maximum atomic E-state index is 12.7. The molecule has 0 fully saturated rings. The fourth-order valence-corrected chi connectivity index (χ4v) is 5.50. The first-order valence-electron chi connectivity index (χ1n) is 7.07. The zero-order chi connectivity index (χ0) is 19.1. The fourth-order valence-electron chi connectivity index (χ4n) is 2.21. The third kappa shape index (κ3) is 3.78. The number of nitrogens with zero attached hydrogens (tertiary/aromatic N) is 1. The number of hydrogen-bond donors (Lipinski definition) is 1. The number of aromatic nitrogens is 1. The van der Waals surface area contributed by atoms with E-state index in [1.54, 1.807) is 0 Å². The molecule has 0 saturated carbocycles. The van der Waals surface area contributed by atoms with Gasteiger partial charge in [0.25, 0.3) is 10.0 Å². The summed E-state index contributed by atoms with van der Waals surface area (Å²) in [6.07, 6.45) is 1.10. The molecule has 7 nitrogen and oxygen atoms in total. The van der Waals surface area contributed by atoms with Crippen molar-refractivity contribution in [1.82, 2.24) is 4.98 Å². The SMILES string of the molecule is COc1ccc(Cl)cc1S(=O)(=O)Nc1nc2ccc(S(C)(=O)=O)cc2s1. The largest absolute Gasteiger partial charge is 0.495 e. The third-order valence-electron chi connectivity index (χ3n) is 3.42. The normalized spacial score (nSPS) is 12.3. The highest BCUT2D eigenvalue weighted by Gasteiger charge is 2.22. The molecule has 26 heavy (non-hydrogen) atoms. The summed E-state index contributed by atoms with van der Waals surface area (Å²) in [7, 11) is -6.01. The number of hydrogen-bond acceptors (Lipinski definition) is 7. The van der Waals surface area contributed by atoms with Crippen molar-refractivity contribution in [3.05, 3.63) is 41.4 Å². The summed E-state index contributed by atoms with van der Waals surface area (Å²) in [5.41, 5.74) is 0.484. The lowest BCUT2D eigenvalue weighted by atomic mass is 10.3. The first-order chi connectivity index (χ1) is 12.1. The van der Waals surface area contributed by atoms with Crippen molar-refractivity contribution >= 4 is 58.1 Å². The van der Waals surface area contributed by atoms with Crippen molar-refractivity contribution in [2.24, 2.45) is 0 Å². The number of ether oxygens (including phenoxy) is 1. The predicted octanol–water partition coefficient (Wildman–Crippen LogP) is 3.16. The van der Waals surface area contributed by atoms with Crippen LogP contribution in [0.25, 0.3) is 10.2 Å². The number of thiazole rings is 1. The van der Waals surface area contributed by atoms with Crippen molar-refractivity contribution in [3.63, 3.8) is 0 Å². The Bertz CT molecular complexity index is 1200. The lowest BCUT2D eigenvalue weighted by Gasteiger charge is -2.10. The van der Waals surface area contributed by atoms with Gasteiger partial charge >= 0.3 is 0 Å². The summed E-state index contributed by atoms with van der Waals surface area (Å²) < 4.78 is 56.6. The minimum Gasteiger partial charge on any atom is -0.495 e. The number of anilines is 1. The number of sulfonamides is 1. The summed E-state index contributed by atoms with van der Waals surface area (Å²) in [5, 5.41) is 0.348. The van der Waals surface area contributed by atoms with Gasteiger partial charge in [0.2, 0.25) is 0 Å². The molecule has 3 aromatic rings. The van der Waals surface area contributed by atoms with Crippen LogP contribution in [0.1, 0.15) is 0 Å². The van der Waals surface area contributed by atoms with Crippen LogP contribution in [-0.4, -0.2) is 35.2 Å². The van der Waals surface area contributed by atoms with E-state index in [4.69, 9.17) is 16.3 Å². The maximum absolute atomic E-state index is 12.7. The lowest BCUT2D eigenvalue weighted by Crippen LogP contribution is -2.13. The molecule has 138 valence electrons.